The smallest absolute Gasteiger partial charge is 0.155 e. The molecule has 0 aromatic heterocycles. The van der Waals surface area contributed by atoms with E-state index in [0.717, 1.165) is 23.8 Å². The average molecular weight is 192 g/mol. The predicted molar refractivity (Wildman–Crippen MR) is 58.0 cm³/mol. The van der Waals surface area contributed by atoms with E-state index in [2.05, 4.69) is 19.9 Å². The number of hydrogen-bond donors (Lipinski definition) is 0. The van der Waals surface area contributed by atoms with Gasteiger partial charge in [-0.2, -0.15) is 0 Å². The SMILES string of the molecule is CC(=O)C1=C[C@@]2(C)[C@H](CCC[C@@H]2C)C1. The van der Waals surface area contributed by atoms with Crippen LogP contribution in [0.3, 0.4) is 0 Å². The summed E-state index contributed by atoms with van der Waals surface area (Å²) >= 11 is 0. The van der Waals surface area contributed by atoms with E-state index in [1.54, 1.807) is 6.92 Å². The van der Waals surface area contributed by atoms with Gasteiger partial charge >= 0.3 is 0 Å². The summed E-state index contributed by atoms with van der Waals surface area (Å²) in [5.41, 5.74) is 1.41. The van der Waals surface area contributed by atoms with Crippen LogP contribution in [0.15, 0.2) is 11.6 Å². The molecule has 2 aliphatic rings. The molecule has 0 aliphatic heterocycles. The minimum atomic E-state index is 0.285. The molecule has 0 heterocycles. The largest absolute Gasteiger partial charge is 0.295 e. The number of rotatable bonds is 1. The first-order valence-corrected chi connectivity index (χ1v) is 5.76. The second-order valence-corrected chi connectivity index (χ2v) is 5.32. The highest BCUT2D eigenvalue weighted by Crippen LogP contribution is 2.53. The van der Waals surface area contributed by atoms with E-state index in [4.69, 9.17) is 0 Å². The summed E-state index contributed by atoms with van der Waals surface area (Å²) in [6, 6.07) is 0. The third-order valence-electron chi connectivity index (χ3n) is 4.53. The van der Waals surface area contributed by atoms with Gasteiger partial charge in [0.25, 0.3) is 0 Å². The van der Waals surface area contributed by atoms with E-state index in [-0.39, 0.29) is 5.78 Å². The number of carbonyl (C=O) groups is 1. The number of hydrogen-bond acceptors (Lipinski definition) is 1. The minimum absolute atomic E-state index is 0.285. The summed E-state index contributed by atoms with van der Waals surface area (Å²) in [6.45, 7) is 6.39. The van der Waals surface area contributed by atoms with E-state index in [0.29, 0.717) is 5.41 Å². The fraction of sp³-hybridized carbons (Fsp3) is 0.769. The average Bonchev–Trinajstić information content (AvgIpc) is 2.45. The Morgan fingerprint density at radius 2 is 2.21 bits per heavy atom. The Hall–Kier alpha value is -0.590. The molecular weight excluding hydrogens is 172 g/mol. The molecule has 1 heteroatoms. The van der Waals surface area contributed by atoms with Crippen LogP contribution < -0.4 is 0 Å². The van der Waals surface area contributed by atoms with Gasteiger partial charge in [-0.15, -0.1) is 0 Å². The number of ketones is 1. The summed E-state index contributed by atoms with van der Waals surface area (Å²) in [5, 5.41) is 0. The van der Waals surface area contributed by atoms with Gasteiger partial charge < -0.3 is 0 Å². The van der Waals surface area contributed by atoms with Crippen molar-refractivity contribution in [2.45, 2.75) is 46.5 Å². The van der Waals surface area contributed by atoms with Crippen LogP contribution >= 0.6 is 0 Å². The lowest BCUT2D eigenvalue weighted by Crippen LogP contribution is -2.32. The van der Waals surface area contributed by atoms with Crippen LogP contribution in [0.5, 0.6) is 0 Å². The van der Waals surface area contributed by atoms with E-state index >= 15 is 0 Å². The quantitative estimate of drug-likeness (QED) is 0.622. The normalized spacial score (nSPS) is 41.8. The summed E-state index contributed by atoms with van der Waals surface area (Å²) in [4.78, 5) is 11.4. The molecule has 1 nitrogen and oxygen atoms in total. The van der Waals surface area contributed by atoms with Gasteiger partial charge in [-0.05, 0) is 49.0 Å². The van der Waals surface area contributed by atoms with E-state index in [9.17, 15) is 4.79 Å². The summed E-state index contributed by atoms with van der Waals surface area (Å²) in [6.07, 6.45) is 7.31. The molecule has 0 radical (unpaired) electrons. The molecule has 1 fully saturated rings. The van der Waals surface area contributed by atoms with Gasteiger partial charge in [-0.3, -0.25) is 4.79 Å². The Morgan fingerprint density at radius 3 is 2.79 bits per heavy atom. The van der Waals surface area contributed by atoms with Gasteiger partial charge in [-0.1, -0.05) is 26.3 Å². The third kappa shape index (κ3) is 1.34. The fourth-order valence-electron chi connectivity index (χ4n) is 3.22. The molecule has 14 heavy (non-hydrogen) atoms. The van der Waals surface area contributed by atoms with Crippen molar-refractivity contribution >= 4 is 5.78 Å². The Labute approximate surface area is 86.6 Å². The highest BCUT2D eigenvalue weighted by atomic mass is 16.1. The number of Topliss-reactive ketones (excluding diaryl/α,β-unsaturated/α-hetero) is 1. The molecule has 0 saturated heterocycles. The monoisotopic (exact) mass is 192 g/mol. The van der Waals surface area contributed by atoms with Gasteiger partial charge in [0.15, 0.2) is 5.78 Å². The number of allylic oxidation sites excluding steroid dienone is 2. The van der Waals surface area contributed by atoms with Crippen LogP contribution in [0, 0.1) is 17.3 Å². The standard InChI is InChI=1S/C13H20O/c1-9-5-4-6-12-7-11(10(2)14)8-13(9,12)3/h8-9,12H,4-7H2,1-3H3/t9-,12+,13+/m0/s1. The highest BCUT2D eigenvalue weighted by molar-refractivity contribution is 5.94. The maximum Gasteiger partial charge on any atom is 0.155 e. The molecular formula is C13H20O. The first-order valence-electron chi connectivity index (χ1n) is 5.76. The van der Waals surface area contributed by atoms with Crippen molar-refractivity contribution in [3.63, 3.8) is 0 Å². The second kappa shape index (κ2) is 3.22. The number of fused-ring (bicyclic) bond motifs is 1. The van der Waals surface area contributed by atoms with E-state index in [1.807, 2.05) is 0 Å². The molecule has 1 saturated carbocycles. The van der Waals surface area contributed by atoms with Crippen molar-refractivity contribution in [3.8, 4) is 0 Å². The summed E-state index contributed by atoms with van der Waals surface area (Å²) < 4.78 is 0. The molecule has 2 rings (SSSR count). The van der Waals surface area contributed by atoms with Crippen molar-refractivity contribution in [2.24, 2.45) is 17.3 Å². The second-order valence-electron chi connectivity index (χ2n) is 5.32. The van der Waals surface area contributed by atoms with Gasteiger partial charge in [-0.25, -0.2) is 0 Å². The van der Waals surface area contributed by atoms with Crippen LogP contribution in [0.25, 0.3) is 0 Å². The lowest BCUT2D eigenvalue weighted by molar-refractivity contribution is -0.113. The third-order valence-corrected chi connectivity index (χ3v) is 4.53. The molecule has 3 atom stereocenters. The van der Waals surface area contributed by atoms with Crippen molar-refractivity contribution < 1.29 is 4.79 Å². The Morgan fingerprint density at radius 1 is 1.50 bits per heavy atom. The molecule has 0 amide bonds. The van der Waals surface area contributed by atoms with Crippen molar-refractivity contribution in [1.29, 1.82) is 0 Å². The molecule has 0 aromatic rings. The minimum Gasteiger partial charge on any atom is -0.295 e. The lowest BCUT2D eigenvalue weighted by Gasteiger charge is -2.41. The van der Waals surface area contributed by atoms with Crippen LogP contribution in [-0.2, 0) is 4.79 Å². The Kier molecular flexibility index (Phi) is 2.29. The predicted octanol–water partition coefficient (Wildman–Crippen LogP) is 3.35. The zero-order valence-electron chi connectivity index (χ0n) is 9.47. The van der Waals surface area contributed by atoms with Crippen LogP contribution in [0.1, 0.15) is 46.5 Å². The maximum atomic E-state index is 11.4. The van der Waals surface area contributed by atoms with Crippen LogP contribution in [0.4, 0.5) is 0 Å². The van der Waals surface area contributed by atoms with Gasteiger partial charge in [0.1, 0.15) is 0 Å². The fourth-order valence-corrected chi connectivity index (χ4v) is 3.22. The van der Waals surface area contributed by atoms with Gasteiger partial charge in [0, 0.05) is 0 Å². The van der Waals surface area contributed by atoms with E-state index in [1.165, 1.54) is 19.3 Å². The van der Waals surface area contributed by atoms with Gasteiger partial charge in [0.05, 0.1) is 0 Å². The molecule has 0 unspecified atom stereocenters. The van der Waals surface area contributed by atoms with Crippen molar-refractivity contribution in [2.75, 3.05) is 0 Å². The Bertz CT molecular complexity index is 290. The summed E-state index contributed by atoms with van der Waals surface area (Å²) in [5.74, 6) is 1.77. The summed E-state index contributed by atoms with van der Waals surface area (Å²) in [7, 11) is 0. The van der Waals surface area contributed by atoms with Crippen molar-refractivity contribution in [3.05, 3.63) is 11.6 Å². The van der Waals surface area contributed by atoms with Gasteiger partial charge in [0.2, 0.25) is 0 Å². The van der Waals surface area contributed by atoms with Crippen molar-refractivity contribution in [1.82, 2.24) is 0 Å². The topological polar surface area (TPSA) is 17.1 Å². The zero-order chi connectivity index (χ0) is 10.3. The molecule has 2 aliphatic carbocycles. The molecule has 0 spiro atoms. The number of carbonyl (C=O) groups excluding carboxylic acids is 1. The first kappa shape index (κ1) is 9.95. The lowest BCUT2D eigenvalue weighted by atomic mass is 9.64. The first-order chi connectivity index (χ1) is 6.54. The maximum absolute atomic E-state index is 11.4. The molecule has 0 aromatic carbocycles. The molecule has 0 bridgehead atoms. The van der Waals surface area contributed by atoms with E-state index < -0.39 is 0 Å². The molecule has 0 N–H and O–H groups in total. The molecule has 78 valence electrons. The zero-order valence-corrected chi connectivity index (χ0v) is 9.47. The Balaban J connectivity index is 2.29. The van der Waals surface area contributed by atoms with Crippen LogP contribution in [0.2, 0.25) is 0 Å². The highest BCUT2D eigenvalue weighted by Gasteiger charge is 2.44. The van der Waals surface area contributed by atoms with Crippen LogP contribution in [-0.4, -0.2) is 5.78 Å².